The van der Waals surface area contributed by atoms with Crippen molar-refractivity contribution in [2.24, 2.45) is 0 Å². The zero-order valence-electron chi connectivity index (χ0n) is 11.6. The third kappa shape index (κ3) is 5.74. The third-order valence-electron chi connectivity index (χ3n) is 3.22. The van der Waals surface area contributed by atoms with Gasteiger partial charge in [0.05, 0.1) is 4.90 Å². The Bertz CT molecular complexity index is 500. The van der Waals surface area contributed by atoms with Crippen LogP contribution in [0, 0.1) is 0 Å². The molecule has 0 atom stereocenters. The Labute approximate surface area is 144 Å². The molecule has 0 heterocycles. The molecule has 0 spiro atoms. The molecule has 0 fully saturated rings. The summed E-state index contributed by atoms with van der Waals surface area (Å²) in [5, 5.41) is 0. The Balaban J connectivity index is 0.00000361. The number of benzene rings is 1. The van der Waals surface area contributed by atoms with Gasteiger partial charge in [-0.3, -0.25) is 4.55 Å². The number of unbranched alkanes of at least 4 members (excludes halogenated alkanes) is 2. The molecule has 6 heteroatoms. The molecule has 110 valence electrons. The van der Waals surface area contributed by atoms with E-state index in [9.17, 15) is 13.0 Å². The van der Waals surface area contributed by atoms with E-state index in [2.05, 4.69) is 13.8 Å². The fraction of sp³-hybridized carbons (Fsp3) is 0.571. The summed E-state index contributed by atoms with van der Waals surface area (Å²) in [4.78, 5) is -0.0427. The van der Waals surface area contributed by atoms with E-state index in [1.165, 1.54) is 12.1 Å². The van der Waals surface area contributed by atoms with Crippen LogP contribution < -0.4 is 5.73 Å². The maximum absolute atomic E-state index is 11.3. The van der Waals surface area contributed by atoms with E-state index in [1.54, 1.807) is 0 Å². The van der Waals surface area contributed by atoms with Crippen LogP contribution in [0.5, 0.6) is 0 Å². The molecule has 0 saturated heterocycles. The summed E-state index contributed by atoms with van der Waals surface area (Å²) in [7, 11) is -4.17. The Hall–Kier alpha value is -0.0700. The van der Waals surface area contributed by atoms with Crippen molar-refractivity contribution in [2.75, 3.05) is 5.73 Å². The molecular formula is C14H24NNaO3S. The molecule has 0 radical (unpaired) electrons. The molecule has 0 aliphatic rings. The molecule has 20 heavy (non-hydrogen) atoms. The Morgan fingerprint density at radius 2 is 1.45 bits per heavy atom. The Morgan fingerprint density at radius 3 is 1.75 bits per heavy atom. The molecule has 0 amide bonds. The molecule has 4 nitrogen and oxygen atoms in total. The van der Waals surface area contributed by atoms with Crippen LogP contribution in [0.2, 0.25) is 0 Å². The topological polar surface area (TPSA) is 80.4 Å². The van der Waals surface area contributed by atoms with Crippen molar-refractivity contribution in [3.05, 3.63) is 23.3 Å². The van der Waals surface area contributed by atoms with Crippen molar-refractivity contribution >= 4 is 45.4 Å². The van der Waals surface area contributed by atoms with Crippen LogP contribution in [0.3, 0.4) is 0 Å². The summed E-state index contributed by atoms with van der Waals surface area (Å²) in [5.41, 5.74) is 8.42. The average molecular weight is 309 g/mol. The number of nitrogens with two attached hydrogens (primary N) is 1. The molecule has 0 aromatic heterocycles. The van der Waals surface area contributed by atoms with Crippen molar-refractivity contribution in [3.63, 3.8) is 0 Å². The molecule has 0 aliphatic heterocycles. The van der Waals surface area contributed by atoms with Crippen LogP contribution in [0.15, 0.2) is 17.0 Å². The van der Waals surface area contributed by atoms with Gasteiger partial charge in [0.2, 0.25) is 0 Å². The van der Waals surface area contributed by atoms with E-state index in [1.807, 2.05) is 0 Å². The van der Waals surface area contributed by atoms with E-state index in [4.69, 9.17) is 5.73 Å². The van der Waals surface area contributed by atoms with Gasteiger partial charge in [0, 0.05) is 5.69 Å². The zero-order chi connectivity index (χ0) is 14.5. The second-order valence-corrected chi connectivity index (χ2v) is 6.26. The van der Waals surface area contributed by atoms with Gasteiger partial charge in [-0.25, -0.2) is 0 Å². The SMILES string of the molecule is CCCCc1cc(S(=O)(=O)O)cc(CCCC)c1N.[NaH]. The van der Waals surface area contributed by atoms with E-state index in [0.29, 0.717) is 5.69 Å². The van der Waals surface area contributed by atoms with Crippen molar-refractivity contribution in [2.45, 2.75) is 57.3 Å². The van der Waals surface area contributed by atoms with Gasteiger partial charge in [0.1, 0.15) is 0 Å². The van der Waals surface area contributed by atoms with Gasteiger partial charge in [-0.05, 0) is 48.9 Å². The average Bonchev–Trinajstić information content (AvgIpc) is 2.34. The predicted octanol–water partition coefficient (Wildman–Crippen LogP) is 2.55. The number of rotatable bonds is 7. The Morgan fingerprint density at radius 1 is 1.05 bits per heavy atom. The summed E-state index contributed by atoms with van der Waals surface area (Å²) < 4.78 is 31.8. The van der Waals surface area contributed by atoms with E-state index in [-0.39, 0.29) is 34.5 Å². The van der Waals surface area contributed by atoms with Gasteiger partial charge in [-0.2, -0.15) is 8.42 Å². The first-order chi connectivity index (χ1) is 8.90. The normalized spacial score (nSPS) is 11.2. The standard InChI is InChI=1S/C14H23NO3S.Na.H/c1-3-5-7-11-9-13(19(16,17)18)10-12(14(11)15)8-6-4-2;;/h9-10H,3-8,15H2,1-2H3,(H,16,17,18);;. The van der Waals surface area contributed by atoms with E-state index in [0.717, 1.165) is 49.7 Å². The monoisotopic (exact) mass is 309 g/mol. The Kier molecular flexibility index (Phi) is 9.02. The van der Waals surface area contributed by atoms with Crippen molar-refractivity contribution < 1.29 is 13.0 Å². The van der Waals surface area contributed by atoms with Crippen LogP contribution in [0.4, 0.5) is 5.69 Å². The molecule has 0 unspecified atom stereocenters. The van der Waals surface area contributed by atoms with Crippen LogP contribution in [-0.2, 0) is 23.0 Å². The summed E-state index contributed by atoms with van der Waals surface area (Å²) in [6, 6.07) is 2.99. The maximum atomic E-state index is 11.3. The fourth-order valence-corrected chi connectivity index (χ4v) is 2.63. The first kappa shape index (κ1) is 19.9. The second-order valence-electron chi connectivity index (χ2n) is 4.84. The number of nitrogen functional groups attached to an aromatic ring is 1. The number of aryl methyl sites for hydroxylation is 2. The number of hydrogen-bond donors (Lipinski definition) is 2. The van der Waals surface area contributed by atoms with Crippen LogP contribution in [-0.4, -0.2) is 42.5 Å². The van der Waals surface area contributed by atoms with Crippen LogP contribution in [0.1, 0.15) is 50.7 Å². The van der Waals surface area contributed by atoms with Gasteiger partial charge in [-0.15, -0.1) is 0 Å². The molecule has 0 saturated carbocycles. The van der Waals surface area contributed by atoms with Gasteiger partial charge >= 0.3 is 29.6 Å². The van der Waals surface area contributed by atoms with E-state index >= 15 is 0 Å². The van der Waals surface area contributed by atoms with Gasteiger partial charge in [0.15, 0.2) is 0 Å². The number of hydrogen-bond acceptors (Lipinski definition) is 3. The summed E-state index contributed by atoms with van der Waals surface area (Å²) in [5.74, 6) is 0. The fourth-order valence-electron chi connectivity index (χ4n) is 2.04. The molecular weight excluding hydrogens is 285 g/mol. The van der Waals surface area contributed by atoms with Crippen molar-refractivity contribution in [1.82, 2.24) is 0 Å². The minimum atomic E-state index is -4.17. The summed E-state index contributed by atoms with van der Waals surface area (Å²) in [6.07, 6.45) is 5.41. The minimum absolute atomic E-state index is 0. The third-order valence-corrected chi connectivity index (χ3v) is 4.05. The summed E-state index contributed by atoms with van der Waals surface area (Å²) in [6.45, 7) is 4.14. The van der Waals surface area contributed by atoms with Gasteiger partial charge in [-0.1, -0.05) is 26.7 Å². The van der Waals surface area contributed by atoms with Gasteiger partial charge in [0.25, 0.3) is 10.1 Å². The van der Waals surface area contributed by atoms with Crippen molar-refractivity contribution in [1.29, 1.82) is 0 Å². The van der Waals surface area contributed by atoms with Crippen LogP contribution >= 0.6 is 0 Å². The van der Waals surface area contributed by atoms with E-state index < -0.39 is 10.1 Å². The first-order valence-corrected chi connectivity index (χ1v) is 8.22. The predicted molar refractivity (Wildman–Crippen MR) is 85.0 cm³/mol. The van der Waals surface area contributed by atoms with Gasteiger partial charge < -0.3 is 5.73 Å². The van der Waals surface area contributed by atoms with Crippen molar-refractivity contribution in [3.8, 4) is 0 Å². The van der Waals surface area contributed by atoms with Crippen LogP contribution in [0.25, 0.3) is 0 Å². The molecule has 0 bridgehead atoms. The molecule has 3 N–H and O–H groups in total. The molecule has 1 rings (SSSR count). The molecule has 1 aromatic carbocycles. The second kappa shape index (κ2) is 9.05. The first-order valence-electron chi connectivity index (χ1n) is 6.78. The number of anilines is 1. The molecule has 0 aliphatic carbocycles. The zero-order valence-corrected chi connectivity index (χ0v) is 12.5. The summed E-state index contributed by atoms with van der Waals surface area (Å²) >= 11 is 0. The molecule has 1 aromatic rings. The quantitative estimate of drug-likeness (QED) is 0.461.